The summed E-state index contributed by atoms with van der Waals surface area (Å²) in [4.78, 5) is 15.9. The molecule has 1 fully saturated rings. The third-order valence-electron chi connectivity index (χ3n) is 3.97. The fourth-order valence-electron chi connectivity index (χ4n) is 2.93. The molecule has 4 heteroatoms. The number of para-hydroxylation sites is 1. The first-order valence-electron chi connectivity index (χ1n) is 6.98. The average molecular weight is 262 g/mol. The van der Waals surface area contributed by atoms with E-state index in [0.717, 1.165) is 38.3 Å². The smallest absolute Gasteiger partial charge is 0.337 e. The Morgan fingerprint density at radius 3 is 2.68 bits per heavy atom. The van der Waals surface area contributed by atoms with Gasteiger partial charge in [-0.3, -0.25) is 4.90 Å². The Hall–Kier alpha value is -1.55. The maximum atomic E-state index is 11.3. The number of anilines is 1. The highest BCUT2D eigenvalue weighted by Crippen LogP contribution is 2.26. The standard InChI is InChI=1S/C15H22N2O2/c1-3-16(4-2)12-9-10-17(11-12)14-8-6-5-7-13(14)15(18)19/h5-8,12H,3-4,9-11H2,1-2H3,(H,18,19). The number of hydrogen-bond acceptors (Lipinski definition) is 3. The molecule has 1 aliphatic rings. The molecule has 0 aliphatic carbocycles. The lowest BCUT2D eigenvalue weighted by molar-refractivity contribution is 0.0697. The summed E-state index contributed by atoms with van der Waals surface area (Å²) in [5.74, 6) is -0.845. The lowest BCUT2D eigenvalue weighted by atomic mass is 10.1. The summed E-state index contributed by atoms with van der Waals surface area (Å²) >= 11 is 0. The van der Waals surface area contributed by atoms with Crippen molar-refractivity contribution in [3.05, 3.63) is 29.8 Å². The Bertz CT molecular complexity index is 444. The second-order valence-corrected chi connectivity index (χ2v) is 4.93. The Labute approximate surface area is 114 Å². The van der Waals surface area contributed by atoms with E-state index in [1.165, 1.54) is 0 Å². The summed E-state index contributed by atoms with van der Waals surface area (Å²) in [6, 6.07) is 7.82. The van der Waals surface area contributed by atoms with Crippen LogP contribution < -0.4 is 4.90 Å². The summed E-state index contributed by atoms with van der Waals surface area (Å²) in [5, 5.41) is 9.26. The highest BCUT2D eigenvalue weighted by molar-refractivity contribution is 5.94. The number of carboxylic acids is 1. The number of hydrogen-bond donors (Lipinski definition) is 1. The molecule has 4 nitrogen and oxygen atoms in total. The maximum Gasteiger partial charge on any atom is 0.337 e. The number of carbonyl (C=O) groups is 1. The lowest BCUT2D eigenvalue weighted by Crippen LogP contribution is -2.37. The minimum Gasteiger partial charge on any atom is -0.478 e. The van der Waals surface area contributed by atoms with Crippen LogP contribution in [0.2, 0.25) is 0 Å². The molecular formula is C15H22N2O2. The normalized spacial score (nSPS) is 19.1. The van der Waals surface area contributed by atoms with Gasteiger partial charge in [-0.25, -0.2) is 4.79 Å². The summed E-state index contributed by atoms with van der Waals surface area (Å²) < 4.78 is 0. The molecule has 1 N–H and O–H groups in total. The van der Waals surface area contributed by atoms with Gasteiger partial charge in [-0.1, -0.05) is 26.0 Å². The molecule has 0 radical (unpaired) electrons. The van der Waals surface area contributed by atoms with E-state index in [4.69, 9.17) is 0 Å². The average Bonchev–Trinajstić information content (AvgIpc) is 2.89. The van der Waals surface area contributed by atoms with Gasteiger partial charge in [0.05, 0.1) is 11.3 Å². The highest BCUT2D eigenvalue weighted by Gasteiger charge is 2.28. The van der Waals surface area contributed by atoms with Crippen LogP contribution in [-0.4, -0.2) is 48.2 Å². The van der Waals surface area contributed by atoms with E-state index in [1.54, 1.807) is 12.1 Å². The molecule has 1 unspecified atom stereocenters. The third kappa shape index (κ3) is 2.89. The Balaban J connectivity index is 2.15. The number of aromatic carboxylic acids is 1. The SMILES string of the molecule is CCN(CC)C1CCN(c2ccccc2C(=O)O)C1. The minimum atomic E-state index is -0.845. The highest BCUT2D eigenvalue weighted by atomic mass is 16.4. The molecule has 19 heavy (non-hydrogen) atoms. The molecule has 1 heterocycles. The van der Waals surface area contributed by atoms with Crippen LogP contribution in [-0.2, 0) is 0 Å². The Morgan fingerprint density at radius 1 is 1.37 bits per heavy atom. The number of nitrogens with zero attached hydrogens (tertiary/aromatic N) is 2. The fraction of sp³-hybridized carbons (Fsp3) is 0.533. The molecule has 104 valence electrons. The summed E-state index contributed by atoms with van der Waals surface area (Å²) in [6.07, 6.45) is 1.11. The van der Waals surface area contributed by atoms with Gasteiger partial charge in [0, 0.05) is 19.1 Å². The van der Waals surface area contributed by atoms with Crippen molar-refractivity contribution < 1.29 is 9.90 Å². The van der Waals surface area contributed by atoms with Crippen LogP contribution in [0.3, 0.4) is 0 Å². The van der Waals surface area contributed by atoms with E-state index in [1.807, 2.05) is 12.1 Å². The Kier molecular flexibility index (Phi) is 4.43. The van der Waals surface area contributed by atoms with Gasteiger partial charge in [0.25, 0.3) is 0 Å². The number of carboxylic acid groups (broad SMARTS) is 1. The molecule has 2 rings (SSSR count). The van der Waals surface area contributed by atoms with Crippen LogP contribution in [0.15, 0.2) is 24.3 Å². The van der Waals surface area contributed by atoms with Crippen LogP contribution in [0.25, 0.3) is 0 Å². The summed E-state index contributed by atoms with van der Waals surface area (Å²) in [7, 11) is 0. The van der Waals surface area contributed by atoms with E-state index in [2.05, 4.69) is 23.6 Å². The molecule has 1 saturated heterocycles. The molecule has 1 aliphatic heterocycles. The zero-order chi connectivity index (χ0) is 13.8. The van der Waals surface area contributed by atoms with E-state index in [0.29, 0.717) is 11.6 Å². The van der Waals surface area contributed by atoms with E-state index >= 15 is 0 Å². The fourth-order valence-corrected chi connectivity index (χ4v) is 2.93. The molecule has 1 aromatic rings. The monoisotopic (exact) mass is 262 g/mol. The summed E-state index contributed by atoms with van der Waals surface area (Å²) in [6.45, 7) is 8.32. The number of likely N-dealkylation sites (N-methyl/N-ethyl adjacent to an activating group) is 1. The quantitative estimate of drug-likeness (QED) is 0.884. The zero-order valence-electron chi connectivity index (χ0n) is 11.7. The molecule has 1 aromatic carbocycles. The lowest BCUT2D eigenvalue weighted by Gasteiger charge is -2.27. The van der Waals surface area contributed by atoms with Gasteiger partial charge in [-0.2, -0.15) is 0 Å². The topological polar surface area (TPSA) is 43.8 Å². The van der Waals surface area contributed by atoms with Crippen LogP contribution >= 0.6 is 0 Å². The molecule has 0 bridgehead atoms. The predicted molar refractivity (Wildman–Crippen MR) is 76.9 cm³/mol. The van der Waals surface area contributed by atoms with Crippen molar-refractivity contribution in [3.63, 3.8) is 0 Å². The zero-order valence-corrected chi connectivity index (χ0v) is 11.7. The Morgan fingerprint density at radius 2 is 2.05 bits per heavy atom. The minimum absolute atomic E-state index is 0.405. The van der Waals surface area contributed by atoms with Gasteiger partial charge < -0.3 is 10.0 Å². The van der Waals surface area contributed by atoms with Crippen molar-refractivity contribution in [2.75, 3.05) is 31.1 Å². The van der Waals surface area contributed by atoms with Gasteiger partial charge in [0.15, 0.2) is 0 Å². The van der Waals surface area contributed by atoms with Gasteiger partial charge in [-0.05, 0) is 31.6 Å². The summed E-state index contributed by atoms with van der Waals surface area (Å²) in [5.41, 5.74) is 1.26. The van der Waals surface area contributed by atoms with E-state index < -0.39 is 5.97 Å². The van der Waals surface area contributed by atoms with Crippen LogP contribution in [0, 0.1) is 0 Å². The van der Waals surface area contributed by atoms with Crippen molar-refractivity contribution in [3.8, 4) is 0 Å². The second kappa shape index (κ2) is 6.06. The molecule has 1 atom stereocenters. The first kappa shape index (κ1) is 13.9. The van der Waals surface area contributed by atoms with Gasteiger partial charge in [0.2, 0.25) is 0 Å². The van der Waals surface area contributed by atoms with Crippen molar-refractivity contribution in [2.45, 2.75) is 26.3 Å². The van der Waals surface area contributed by atoms with Crippen molar-refractivity contribution >= 4 is 11.7 Å². The largest absolute Gasteiger partial charge is 0.478 e. The molecular weight excluding hydrogens is 240 g/mol. The number of benzene rings is 1. The predicted octanol–water partition coefficient (Wildman–Crippen LogP) is 2.31. The van der Waals surface area contributed by atoms with Crippen molar-refractivity contribution in [1.82, 2.24) is 4.90 Å². The molecule has 0 amide bonds. The van der Waals surface area contributed by atoms with Gasteiger partial charge in [-0.15, -0.1) is 0 Å². The van der Waals surface area contributed by atoms with Crippen molar-refractivity contribution in [1.29, 1.82) is 0 Å². The first-order valence-corrected chi connectivity index (χ1v) is 6.98. The third-order valence-corrected chi connectivity index (χ3v) is 3.97. The molecule has 0 saturated carbocycles. The molecule has 0 aromatic heterocycles. The first-order chi connectivity index (χ1) is 9.17. The number of rotatable bonds is 5. The van der Waals surface area contributed by atoms with Crippen LogP contribution in [0.1, 0.15) is 30.6 Å². The van der Waals surface area contributed by atoms with Gasteiger partial charge in [0.1, 0.15) is 0 Å². The van der Waals surface area contributed by atoms with E-state index in [-0.39, 0.29) is 0 Å². The second-order valence-electron chi connectivity index (χ2n) is 4.93. The van der Waals surface area contributed by atoms with Crippen LogP contribution in [0.4, 0.5) is 5.69 Å². The van der Waals surface area contributed by atoms with Crippen molar-refractivity contribution in [2.24, 2.45) is 0 Å². The molecule has 0 spiro atoms. The van der Waals surface area contributed by atoms with Gasteiger partial charge >= 0.3 is 5.97 Å². The van der Waals surface area contributed by atoms with E-state index in [9.17, 15) is 9.90 Å². The van der Waals surface area contributed by atoms with Crippen LogP contribution in [0.5, 0.6) is 0 Å². The maximum absolute atomic E-state index is 11.3.